The molecule has 132 valence electrons. The molecule has 0 spiro atoms. The van der Waals surface area contributed by atoms with Gasteiger partial charge in [0, 0.05) is 6.20 Å². The first-order valence-electron chi connectivity index (χ1n) is 8.28. The van der Waals surface area contributed by atoms with Crippen LogP contribution in [0.15, 0.2) is 67.0 Å². The Hall–Kier alpha value is -3.41. The molecule has 2 N–H and O–H groups in total. The summed E-state index contributed by atoms with van der Waals surface area (Å²) in [5, 5.41) is 5.94. The number of rotatable bonds is 7. The van der Waals surface area contributed by atoms with Crippen LogP contribution in [0.5, 0.6) is 5.75 Å². The minimum atomic E-state index is -0.257. The SMILES string of the molecule is Cc1ccc(OCC(=O)Nc2ccc(NCc3ccccn3)cn2)cc1. The van der Waals surface area contributed by atoms with Crippen LogP contribution in [0.25, 0.3) is 0 Å². The van der Waals surface area contributed by atoms with Gasteiger partial charge in [-0.05, 0) is 43.3 Å². The first-order chi connectivity index (χ1) is 12.7. The maximum absolute atomic E-state index is 11.9. The summed E-state index contributed by atoms with van der Waals surface area (Å²) in [6, 6.07) is 16.9. The third-order valence-corrected chi connectivity index (χ3v) is 3.62. The predicted octanol–water partition coefficient (Wildman–Crippen LogP) is 3.41. The molecule has 0 aliphatic rings. The van der Waals surface area contributed by atoms with Crippen molar-refractivity contribution in [3.05, 3.63) is 78.2 Å². The van der Waals surface area contributed by atoms with Gasteiger partial charge in [0.05, 0.1) is 24.1 Å². The van der Waals surface area contributed by atoms with Gasteiger partial charge in [-0.2, -0.15) is 0 Å². The molecule has 0 unspecified atom stereocenters. The van der Waals surface area contributed by atoms with Crippen molar-refractivity contribution in [2.45, 2.75) is 13.5 Å². The van der Waals surface area contributed by atoms with Gasteiger partial charge >= 0.3 is 0 Å². The van der Waals surface area contributed by atoms with Crippen molar-refractivity contribution in [2.24, 2.45) is 0 Å². The summed E-state index contributed by atoms with van der Waals surface area (Å²) in [6.45, 7) is 2.54. The lowest BCUT2D eigenvalue weighted by Crippen LogP contribution is -2.20. The van der Waals surface area contributed by atoms with Crippen molar-refractivity contribution in [3.8, 4) is 5.75 Å². The van der Waals surface area contributed by atoms with Gasteiger partial charge in [0.2, 0.25) is 0 Å². The van der Waals surface area contributed by atoms with Gasteiger partial charge in [0.15, 0.2) is 6.61 Å². The van der Waals surface area contributed by atoms with E-state index in [1.807, 2.05) is 55.5 Å². The van der Waals surface area contributed by atoms with E-state index in [-0.39, 0.29) is 12.5 Å². The fraction of sp³-hybridized carbons (Fsp3) is 0.150. The van der Waals surface area contributed by atoms with Gasteiger partial charge in [0.1, 0.15) is 11.6 Å². The number of hydrogen-bond acceptors (Lipinski definition) is 5. The number of ether oxygens (including phenoxy) is 1. The monoisotopic (exact) mass is 348 g/mol. The molecule has 26 heavy (non-hydrogen) atoms. The van der Waals surface area contributed by atoms with Crippen LogP contribution < -0.4 is 15.4 Å². The molecule has 1 amide bonds. The number of amides is 1. The maximum Gasteiger partial charge on any atom is 0.263 e. The summed E-state index contributed by atoms with van der Waals surface area (Å²) in [4.78, 5) is 20.4. The molecule has 2 aromatic heterocycles. The van der Waals surface area contributed by atoms with Gasteiger partial charge in [0.25, 0.3) is 5.91 Å². The smallest absolute Gasteiger partial charge is 0.263 e. The summed E-state index contributed by atoms with van der Waals surface area (Å²) in [7, 11) is 0. The first-order valence-corrected chi connectivity index (χ1v) is 8.28. The number of nitrogens with zero attached hydrogens (tertiary/aromatic N) is 2. The molecule has 0 saturated carbocycles. The van der Waals surface area contributed by atoms with Crippen LogP contribution in [0.4, 0.5) is 11.5 Å². The average Bonchev–Trinajstić information content (AvgIpc) is 2.68. The number of anilines is 2. The molecular formula is C20H20N4O2. The van der Waals surface area contributed by atoms with Crippen molar-refractivity contribution >= 4 is 17.4 Å². The minimum Gasteiger partial charge on any atom is -0.484 e. The van der Waals surface area contributed by atoms with Crippen molar-refractivity contribution in [3.63, 3.8) is 0 Å². The Balaban J connectivity index is 1.45. The number of carbonyl (C=O) groups is 1. The van der Waals surface area contributed by atoms with Crippen molar-refractivity contribution < 1.29 is 9.53 Å². The molecule has 6 nitrogen and oxygen atoms in total. The second-order valence-corrected chi connectivity index (χ2v) is 5.76. The van der Waals surface area contributed by atoms with E-state index in [0.29, 0.717) is 18.1 Å². The lowest BCUT2D eigenvalue weighted by Gasteiger charge is -2.09. The summed E-state index contributed by atoms with van der Waals surface area (Å²) in [6.07, 6.45) is 3.42. The van der Waals surface area contributed by atoms with Crippen LogP contribution in [-0.2, 0) is 11.3 Å². The van der Waals surface area contributed by atoms with Crippen molar-refractivity contribution in [1.82, 2.24) is 9.97 Å². The number of aryl methyl sites for hydroxylation is 1. The normalized spacial score (nSPS) is 10.2. The maximum atomic E-state index is 11.9. The predicted molar refractivity (Wildman–Crippen MR) is 101 cm³/mol. The third kappa shape index (κ3) is 5.31. The van der Waals surface area contributed by atoms with Crippen LogP contribution in [-0.4, -0.2) is 22.5 Å². The zero-order valence-electron chi connectivity index (χ0n) is 14.5. The molecule has 3 aromatic rings. The number of hydrogen-bond donors (Lipinski definition) is 2. The Morgan fingerprint density at radius 2 is 1.88 bits per heavy atom. The van der Waals surface area contributed by atoms with Gasteiger partial charge in [-0.3, -0.25) is 9.78 Å². The number of benzene rings is 1. The van der Waals surface area contributed by atoms with E-state index in [0.717, 1.165) is 16.9 Å². The van der Waals surface area contributed by atoms with E-state index in [2.05, 4.69) is 20.6 Å². The molecule has 0 atom stereocenters. The van der Waals surface area contributed by atoms with Crippen molar-refractivity contribution in [2.75, 3.05) is 17.2 Å². The van der Waals surface area contributed by atoms with E-state index in [9.17, 15) is 4.79 Å². The largest absolute Gasteiger partial charge is 0.484 e. The van der Waals surface area contributed by atoms with Crippen LogP contribution in [0.1, 0.15) is 11.3 Å². The molecule has 0 bridgehead atoms. The lowest BCUT2D eigenvalue weighted by molar-refractivity contribution is -0.118. The third-order valence-electron chi connectivity index (χ3n) is 3.62. The molecular weight excluding hydrogens is 328 g/mol. The fourth-order valence-corrected chi connectivity index (χ4v) is 2.23. The molecule has 3 rings (SSSR count). The first kappa shape index (κ1) is 17.4. The highest BCUT2D eigenvalue weighted by molar-refractivity contribution is 5.91. The van der Waals surface area contributed by atoms with Crippen LogP contribution in [0, 0.1) is 6.92 Å². The second-order valence-electron chi connectivity index (χ2n) is 5.76. The van der Waals surface area contributed by atoms with Crippen LogP contribution in [0.2, 0.25) is 0 Å². The summed E-state index contributed by atoms with van der Waals surface area (Å²) in [5.74, 6) is 0.881. The molecule has 0 radical (unpaired) electrons. The van der Waals surface area contributed by atoms with Gasteiger partial charge in [-0.1, -0.05) is 23.8 Å². The van der Waals surface area contributed by atoms with Crippen LogP contribution in [0.3, 0.4) is 0 Å². The summed E-state index contributed by atoms with van der Waals surface area (Å²) in [5.41, 5.74) is 2.94. The minimum absolute atomic E-state index is 0.0651. The number of pyridine rings is 2. The summed E-state index contributed by atoms with van der Waals surface area (Å²) < 4.78 is 5.45. The zero-order chi connectivity index (χ0) is 18.2. The van der Waals surface area contributed by atoms with Gasteiger partial charge in [-0.25, -0.2) is 4.98 Å². The molecule has 1 aromatic carbocycles. The van der Waals surface area contributed by atoms with Gasteiger partial charge in [-0.15, -0.1) is 0 Å². The number of aromatic nitrogens is 2. The van der Waals surface area contributed by atoms with Crippen LogP contribution >= 0.6 is 0 Å². The number of nitrogens with one attached hydrogen (secondary N) is 2. The molecule has 0 aliphatic carbocycles. The number of carbonyl (C=O) groups excluding carboxylic acids is 1. The Morgan fingerprint density at radius 3 is 2.58 bits per heavy atom. The van der Waals surface area contributed by atoms with E-state index < -0.39 is 0 Å². The Labute approximate surface area is 152 Å². The topological polar surface area (TPSA) is 76.1 Å². The highest BCUT2D eigenvalue weighted by atomic mass is 16.5. The highest BCUT2D eigenvalue weighted by Gasteiger charge is 2.05. The molecule has 6 heteroatoms. The summed E-state index contributed by atoms with van der Waals surface area (Å²) >= 11 is 0. The van der Waals surface area contributed by atoms with E-state index in [1.54, 1.807) is 18.5 Å². The average molecular weight is 348 g/mol. The Bertz CT molecular complexity index is 834. The Kier molecular flexibility index (Phi) is 5.77. The molecule has 0 fully saturated rings. The standard InChI is InChI=1S/C20H20N4O2/c1-15-5-8-18(9-6-15)26-14-20(25)24-19-10-7-17(13-23-19)22-12-16-4-2-3-11-21-16/h2-11,13,22H,12,14H2,1H3,(H,23,24,25). The molecule has 0 saturated heterocycles. The highest BCUT2D eigenvalue weighted by Crippen LogP contribution is 2.13. The van der Waals surface area contributed by atoms with E-state index in [1.165, 1.54) is 0 Å². The van der Waals surface area contributed by atoms with Crippen molar-refractivity contribution in [1.29, 1.82) is 0 Å². The lowest BCUT2D eigenvalue weighted by atomic mass is 10.2. The Morgan fingerprint density at radius 1 is 1.04 bits per heavy atom. The zero-order valence-corrected chi connectivity index (χ0v) is 14.5. The molecule has 2 heterocycles. The molecule has 0 aliphatic heterocycles. The fourth-order valence-electron chi connectivity index (χ4n) is 2.23. The second kappa shape index (κ2) is 8.62. The van der Waals surface area contributed by atoms with E-state index in [4.69, 9.17) is 4.74 Å². The quantitative estimate of drug-likeness (QED) is 0.684. The van der Waals surface area contributed by atoms with Gasteiger partial charge < -0.3 is 15.4 Å². The van der Waals surface area contributed by atoms with E-state index >= 15 is 0 Å².